The summed E-state index contributed by atoms with van der Waals surface area (Å²) in [7, 11) is 0. The molecule has 2 rings (SSSR count). The Morgan fingerprint density at radius 1 is 1.44 bits per heavy atom. The fourth-order valence-electron chi connectivity index (χ4n) is 2.88. The van der Waals surface area contributed by atoms with E-state index in [0.717, 1.165) is 19.4 Å². The summed E-state index contributed by atoms with van der Waals surface area (Å²) < 4.78 is 0. The minimum Gasteiger partial charge on any atom is -0.303 e. The Labute approximate surface area is 111 Å². The molecule has 0 aliphatic heterocycles. The molecule has 1 aliphatic rings. The van der Waals surface area contributed by atoms with E-state index < -0.39 is 0 Å². The number of benzene rings is 1. The van der Waals surface area contributed by atoms with Gasteiger partial charge in [-0.25, -0.2) is 0 Å². The number of nitrogens with one attached hydrogen (secondary N) is 1. The fourth-order valence-corrected chi connectivity index (χ4v) is 2.88. The number of terminal acetylenes is 1. The molecule has 1 aromatic carbocycles. The predicted molar refractivity (Wildman–Crippen MR) is 77.7 cm³/mol. The monoisotopic (exact) mass is 241 g/mol. The number of fused-ring (bicyclic) bond motifs is 1. The van der Waals surface area contributed by atoms with Crippen LogP contribution in [0.1, 0.15) is 49.7 Å². The molecule has 1 N–H and O–H groups in total. The summed E-state index contributed by atoms with van der Waals surface area (Å²) in [5.41, 5.74) is 3.06. The van der Waals surface area contributed by atoms with Crippen molar-refractivity contribution >= 4 is 0 Å². The molecule has 2 atom stereocenters. The minimum atomic E-state index is 0.240. The molecule has 0 spiro atoms. The van der Waals surface area contributed by atoms with Crippen molar-refractivity contribution in [3.05, 3.63) is 35.4 Å². The Balaban J connectivity index is 1.97. The molecule has 0 bridgehead atoms. The van der Waals surface area contributed by atoms with E-state index in [-0.39, 0.29) is 6.04 Å². The lowest BCUT2D eigenvalue weighted by Crippen LogP contribution is -2.32. The second-order valence-corrected chi connectivity index (χ2v) is 5.20. The van der Waals surface area contributed by atoms with Gasteiger partial charge in [0.15, 0.2) is 0 Å². The summed E-state index contributed by atoms with van der Waals surface area (Å²) in [5, 5.41) is 3.54. The third-order valence-electron chi connectivity index (χ3n) is 3.88. The maximum Gasteiger partial charge on any atom is 0.0687 e. The third-order valence-corrected chi connectivity index (χ3v) is 3.88. The first kappa shape index (κ1) is 13.2. The van der Waals surface area contributed by atoms with Gasteiger partial charge in [-0.05, 0) is 42.7 Å². The molecule has 0 fully saturated rings. The molecular weight excluding hydrogens is 218 g/mol. The van der Waals surface area contributed by atoms with Crippen molar-refractivity contribution in [1.29, 1.82) is 0 Å². The van der Waals surface area contributed by atoms with Crippen molar-refractivity contribution < 1.29 is 0 Å². The van der Waals surface area contributed by atoms with Crippen LogP contribution in [-0.2, 0) is 6.42 Å². The summed E-state index contributed by atoms with van der Waals surface area (Å²) in [6, 6.07) is 9.10. The van der Waals surface area contributed by atoms with E-state index in [0.29, 0.717) is 5.92 Å². The molecule has 0 aromatic heterocycles. The first-order chi connectivity index (χ1) is 8.85. The molecule has 0 saturated carbocycles. The average Bonchev–Trinajstić information content (AvgIpc) is 2.43. The van der Waals surface area contributed by atoms with E-state index in [4.69, 9.17) is 6.42 Å². The molecule has 0 saturated heterocycles. The minimum absolute atomic E-state index is 0.240. The molecule has 1 heteroatoms. The summed E-state index contributed by atoms with van der Waals surface area (Å²) in [5.74, 6) is 3.50. The van der Waals surface area contributed by atoms with Crippen molar-refractivity contribution in [3.63, 3.8) is 0 Å². The van der Waals surface area contributed by atoms with Gasteiger partial charge in [0.2, 0.25) is 0 Å². The van der Waals surface area contributed by atoms with Gasteiger partial charge in [0, 0.05) is 6.54 Å². The van der Waals surface area contributed by atoms with Crippen LogP contribution in [-0.4, -0.2) is 12.6 Å². The van der Waals surface area contributed by atoms with Crippen LogP contribution in [0.25, 0.3) is 0 Å². The van der Waals surface area contributed by atoms with E-state index in [1.54, 1.807) is 0 Å². The van der Waals surface area contributed by atoms with Crippen LogP contribution in [0.15, 0.2) is 24.3 Å². The highest BCUT2D eigenvalue weighted by atomic mass is 14.9. The summed E-state index contributed by atoms with van der Waals surface area (Å²) in [4.78, 5) is 0. The lowest BCUT2D eigenvalue weighted by Gasteiger charge is -2.27. The second kappa shape index (κ2) is 6.61. The van der Waals surface area contributed by atoms with Gasteiger partial charge in [0.1, 0.15) is 0 Å². The van der Waals surface area contributed by atoms with E-state index in [2.05, 4.69) is 42.4 Å². The highest BCUT2D eigenvalue weighted by Gasteiger charge is 2.19. The fraction of sp³-hybridized carbons (Fsp3) is 0.529. The molecule has 1 nitrogen and oxygen atoms in total. The number of rotatable bonds is 5. The van der Waals surface area contributed by atoms with Crippen molar-refractivity contribution in [2.24, 2.45) is 0 Å². The first-order valence-electron chi connectivity index (χ1n) is 7.12. The van der Waals surface area contributed by atoms with E-state index in [1.165, 1.54) is 30.4 Å². The highest BCUT2D eigenvalue weighted by molar-refractivity contribution is 5.32. The topological polar surface area (TPSA) is 12.0 Å². The number of aryl methyl sites for hydroxylation is 1. The molecule has 1 aromatic rings. The van der Waals surface area contributed by atoms with Gasteiger partial charge in [-0.1, -0.05) is 43.5 Å². The summed E-state index contributed by atoms with van der Waals surface area (Å²) in [6.45, 7) is 3.20. The van der Waals surface area contributed by atoms with Crippen LogP contribution in [0.2, 0.25) is 0 Å². The normalized spacial score (nSPS) is 19.9. The van der Waals surface area contributed by atoms with Crippen molar-refractivity contribution in [2.75, 3.05) is 6.54 Å². The average molecular weight is 241 g/mol. The Kier molecular flexibility index (Phi) is 4.84. The van der Waals surface area contributed by atoms with Crippen molar-refractivity contribution in [3.8, 4) is 12.3 Å². The van der Waals surface area contributed by atoms with Crippen LogP contribution in [0, 0.1) is 12.3 Å². The Morgan fingerprint density at radius 2 is 2.28 bits per heavy atom. The first-order valence-corrected chi connectivity index (χ1v) is 7.12. The smallest absolute Gasteiger partial charge is 0.0687 e. The van der Waals surface area contributed by atoms with E-state index in [9.17, 15) is 0 Å². The third kappa shape index (κ3) is 3.15. The van der Waals surface area contributed by atoms with Gasteiger partial charge < -0.3 is 5.32 Å². The molecule has 2 unspecified atom stereocenters. The largest absolute Gasteiger partial charge is 0.303 e. The SMILES string of the molecule is C#CC(CCC)NCC1CCCc2ccccc21. The highest BCUT2D eigenvalue weighted by Crippen LogP contribution is 2.30. The van der Waals surface area contributed by atoms with E-state index in [1.807, 2.05) is 0 Å². The lowest BCUT2D eigenvalue weighted by molar-refractivity contribution is 0.474. The van der Waals surface area contributed by atoms with Gasteiger partial charge in [-0.15, -0.1) is 6.42 Å². The zero-order valence-corrected chi connectivity index (χ0v) is 11.3. The quantitative estimate of drug-likeness (QED) is 0.778. The summed E-state index contributed by atoms with van der Waals surface area (Å²) >= 11 is 0. The number of hydrogen-bond acceptors (Lipinski definition) is 1. The molecule has 0 amide bonds. The maximum atomic E-state index is 5.56. The Bertz CT molecular complexity index is 416. The van der Waals surface area contributed by atoms with E-state index >= 15 is 0 Å². The van der Waals surface area contributed by atoms with Gasteiger partial charge in [0.25, 0.3) is 0 Å². The molecule has 0 radical (unpaired) electrons. The van der Waals surface area contributed by atoms with Crippen LogP contribution in [0.4, 0.5) is 0 Å². The maximum absolute atomic E-state index is 5.56. The second-order valence-electron chi connectivity index (χ2n) is 5.20. The molecular formula is C17H23N. The summed E-state index contributed by atoms with van der Waals surface area (Å²) in [6.07, 6.45) is 11.6. The lowest BCUT2D eigenvalue weighted by atomic mass is 9.83. The van der Waals surface area contributed by atoms with Gasteiger partial charge >= 0.3 is 0 Å². The standard InChI is InChI=1S/C17H23N/c1-3-8-16(4-2)18-13-15-11-7-10-14-9-5-6-12-17(14)15/h2,5-6,9,12,15-16,18H,3,7-8,10-11,13H2,1H3. The van der Waals surface area contributed by atoms with Crippen LogP contribution < -0.4 is 5.32 Å². The Hall–Kier alpha value is -1.26. The van der Waals surface area contributed by atoms with Crippen molar-refractivity contribution in [2.45, 2.75) is 51.0 Å². The Morgan fingerprint density at radius 3 is 3.06 bits per heavy atom. The number of hydrogen-bond donors (Lipinski definition) is 1. The van der Waals surface area contributed by atoms with Gasteiger partial charge in [0.05, 0.1) is 6.04 Å². The van der Waals surface area contributed by atoms with Crippen LogP contribution in [0.5, 0.6) is 0 Å². The van der Waals surface area contributed by atoms with Crippen LogP contribution in [0.3, 0.4) is 0 Å². The molecule has 0 heterocycles. The zero-order chi connectivity index (χ0) is 12.8. The van der Waals surface area contributed by atoms with Crippen LogP contribution >= 0.6 is 0 Å². The molecule has 96 valence electrons. The molecule has 18 heavy (non-hydrogen) atoms. The molecule has 1 aliphatic carbocycles. The van der Waals surface area contributed by atoms with Gasteiger partial charge in [-0.3, -0.25) is 0 Å². The van der Waals surface area contributed by atoms with Gasteiger partial charge in [-0.2, -0.15) is 0 Å². The van der Waals surface area contributed by atoms with Crippen molar-refractivity contribution in [1.82, 2.24) is 5.32 Å². The zero-order valence-electron chi connectivity index (χ0n) is 11.3. The predicted octanol–water partition coefficient (Wildman–Crippen LogP) is 3.50.